The van der Waals surface area contributed by atoms with Gasteiger partial charge in [-0.15, -0.1) is 0 Å². The highest BCUT2D eigenvalue weighted by atomic mass is 32.2. The van der Waals surface area contributed by atoms with Gasteiger partial charge in [0.2, 0.25) is 10.0 Å². The largest absolute Gasteiger partial charge is 0.494 e. The molecule has 0 radical (unpaired) electrons. The molecule has 1 N–H and O–H groups in total. The number of nitrogens with zero attached hydrogens (tertiary/aromatic N) is 3. The molecule has 0 unspecified atom stereocenters. The average molecular weight is 425 g/mol. The van der Waals surface area contributed by atoms with Gasteiger partial charge < -0.3 is 9.30 Å². The highest BCUT2D eigenvalue weighted by Gasteiger charge is 2.27. The SMILES string of the molecule is CCOc1ccc2c(C#N)c(-c3ccc(NS(=O)(=O)CC)nc3)n(CC3CC3)c2c1. The van der Waals surface area contributed by atoms with E-state index in [1.54, 1.807) is 19.2 Å². The number of fused-ring (bicyclic) bond motifs is 1. The predicted octanol–water partition coefficient (Wildman–Crippen LogP) is 4.15. The quantitative estimate of drug-likeness (QED) is 0.586. The maximum atomic E-state index is 11.8. The van der Waals surface area contributed by atoms with Crippen LogP contribution < -0.4 is 9.46 Å². The van der Waals surface area contributed by atoms with Crippen molar-refractivity contribution < 1.29 is 13.2 Å². The normalized spacial score (nSPS) is 13.9. The molecule has 8 heteroatoms. The number of hydrogen-bond donors (Lipinski definition) is 1. The fourth-order valence-corrected chi connectivity index (χ4v) is 4.16. The molecule has 1 aliphatic rings. The fourth-order valence-electron chi connectivity index (χ4n) is 3.57. The molecule has 0 aliphatic heterocycles. The van der Waals surface area contributed by atoms with E-state index in [0.29, 0.717) is 18.1 Å². The predicted molar refractivity (Wildman–Crippen MR) is 117 cm³/mol. The molecule has 1 saturated carbocycles. The van der Waals surface area contributed by atoms with Crippen LogP contribution in [0.25, 0.3) is 22.2 Å². The number of rotatable bonds is 8. The van der Waals surface area contributed by atoms with E-state index in [1.165, 1.54) is 12.8 Å². The molecule has 7 nitrogen and oxygen atoms in total. The van der Waals surface area contributed by atoms with Crippen LogP contribution in [0.15, 0.2) is 36.5 Å². The van der Waals surface area contributed by atoms with Crippen LogP contribution in [-0.4, -0.2) is 30.3 Å². The van der Waals surface area contributed by atoms with E-state index in [4.69, 9.17) is 4.74 Å². The van der Waals surface area contributed by atoms with E-state index in [0.717, 1.165) is 34.5 Å². The minimum absolute atomic E-state index is 0.0210. The second-order valence-corrected chi connectivity index (χ2v) is 9.45. The Morgan fingerprint density at radius 1 is 1.27 bits per heavy atom. The van der Waals surface area contributed by atoms with Crippen LogP contribution in [0.5, 0.6) is 5.75 Å². The van der Waals surface area contributed by atoms with E-state index in [1.807, 2.05) is 31.2 Å². The van der Waals surface area contributed by atoms with Crippen molar-refractivity contribution in [3.8, 4) is 23.1 Å². The van der Waals surface area contributed by atoms with Crippen LogP contribution in [0.4, 0.5) is 5.82 Å². The summed E-state index contributed by atoms with van der Waals surface area (Å²) in [6.07, 6.45) is 3.99. The lowest BCUT2D eigenvalue weighted by Crippen LogP contribution is -2.15. The summed E-state index contributed by atoms with van der Waals surface area (Å²) in [5, 5.41) is 10.8. The number of hydrogen-bond acceptors (Lipinski definition) is 5. The van der Waals surface area contributed by atoms with Crippen molar-refractivity contribution in [2.24, 2.45) is 5.92 Å². The van der Waals surface area contributed by atoms with Gasteiger partial charge in [-0.25, -0.2) is 13.4 Å². The molecule has 1 aliphatic carbocycles. The maximum absolute atomic E-state index is 11.8. The lowest BCUT2D eigenvalue weighted by molar-refractivity contribution is 0.340. The van der Waals surface area contributed by atoms with Crippen LogP contribution in [0.2, 0.25) is 0 Å². The van der Waals surface area contributed by atoms with Gasteiger partial charge in [0.25, 0.3) is 0 Å². The first-order valence-electron chi connectivity index (χ1n) is 10.1. The Kier molecular flexibility index (Phi) is 5.39. The Morgan fingerprint density at radius 3 is 2.67 bits per heavy atom. The van der Waals surface area contributed by atoms with Gasteiger partial charge in [-0.3, -0.25) is 4.72 Å². The first-order chi connectivity index (χ1) is 14.5. The number of pyridine rings is 1. The first-order valence-corrected chi connectivity index (χ1v) is 11.8. The van der Waals surface area contributed by atoms with E-state index in [2.05, 4.69) is 20.3 Å². The van der Waals surface area contributed by atoms with Crippen molar-refractivity contribution in [3.05, 3.63) is 42.1 Å². The third-order valence-corrected chi connectivity index (χ3v) is 6.55. The Morgan fingerprint density at radius 2 is 2.07 bits per heavy atom. The van der Waals surface area contributed by atoms with Gasteiger partial charge in [0.15, 0.2) is 0 Å². The van der Waals surface area contributed by atoms with Gasteiger partial charge in [0, 0.05) is 29.8 Å². The Labute approximate surface area is 176 Å². The summed E-state index contributed by atoms with van der Waals surface area (Å²) in [5.41, 5.74) is 3.15. The van der Waals surface area contributed by atoms with Gasteiger partial charge in [-0.1, -0.05) is 0 Å². The molecule has 0 saturated heterocycles. The molecule has 2 aromatic heterocycles. The van der Waals surface area contributed by atoms with Crippen LogP contribution >= 0.6 is 0 Å². The molecule has 0 spiro atoms. The molecule has 3 aromatic rings. The van der Waals surface area contributed by atoms with Crippen molar-refractivity contribution >= 4 is 26.7 Å². The van der Waals surface area contributed by atoms with Crippen molar-refractivity contribution in [3.63, 3.8) is 0 Å². The number of anilines is 1. The lowest BCUT2D eigenvalue weighted by Gasteiger charge is -2.12. The summed E-state index contributed by atoms with van der Waals surface area (Å²) in [4.78, 5) is 4.28. The lowest BCUT2D eigenvalue weighted by atomic mass is 10.1. The monoisotopic (exact) mass is 424 g/mol. The van der Waals surface area contributed by atoms with E-state index < -0.39 is 10.0 Å². The molecule has 2 heterocycles. The van der Waals surface area contributed by atoms with Gasteiger partial charge in [0.05, 0.1) is 29.1 Å². The second kappa shape index (κ2) is 8.00. The molecular formula is C22H24N4O3S. The van der Waals surface area contributed by atoms with Crippen LogP contribution in [0, 0.1) is 17.2 Å². The third kappa shape index (κ3) is 3.98. The number of benzene rings is 1. The number of nitriles is 1. The Hall–Kier alpha value is -3.05. The van der Waals surface area contributed by atoms with Crippen LogP contribution in [0.1, 0.15) is 32.3 Å². The second-order valence-electron chi connectivity index (χ2n) is 7.44. The minimum Gasteiger partial charge on any atom is -0.494 e. The molecule has 0 amide bonds. The van der Waals surface area contributed by atoms with Gasteiger partial charge in [0.1, 0.15) is 17.6 Å². The number of nitrogens with one attached hydrogen (secondary N) is 1. The van der Waals surface area contributed by atoms with Gasteiger partial charge in [-0.2, -0.15) is 5.26 Å². The van der Waals surface area contributed by atoms with E-state index in [-0.39, 0.29) is 11.6 Å². The molecule has 0 bridgehead atoms. The van der Waals surface area contributed by atoms with E-state index in [9.17, 15) is 13.7 Å². The number of sulfonamides is 1. The van der Waals surface area contributed by atoms with Crippen LogP contribution in [-0.2, 0) is 16.6 Å². The van der Waals surface area contributed by atoms with Crippen molar-refractivity contribution in [1.82, 2.24) is 9.55 Å². The van der Waals surface area contributed by atoms with Gasteiger partial charge >= 0.3 is 0 Å². The average Bonchev–Trinajstić information content (AvgIpc) is 3.50. The number of ether oxygens (including phenoxy) is 1. The molecule has 30 heavy (non-hydrogen) atoms. The topological polar surface area (TPSA) is 97.0 Å². The Bertz CT molecular complexity index is 1220. The number of aromatic nitrogens is 2. The van der Waals surface area contributed by atoms with Crippen LogP contribution in [0.3, 0.4) is 0 Å². The molecule has 4 rings (SSSR count). The zero-order valence-corrected chi connectivity index (χ0v) is 17.9. The smallest absolute Gasteiger partial charge is 0.233 e. The molecule has 1 aromatic carbocycles. The fraction of sp³-hybridized carbons (Fsp3) is 0.364. The van der Waals surface area contributed by atoms with Crippen molar-refractivity contribution in [1.29, 1.82) is 5.26 Å². The zero-order valence-electron chi connectivity index (χ0n) is 17.1. The highest BCUT2D eigenvalue weighted by molar-refractivity contribution is 7.92. The highest BCUT2D eigenvalue weighted by Crippen LogP contribution is 2.39. The van der Waals surface area contributed by atoms with Crippen molar-refractivity contribution in [2.45, 2.75) is 33.2 Å². The minimum atomic E-state index is -3.39. The van der Waals surface area contributed by atoms with E-state index >= 15 is 0 Å². The third-order valence-electron chi connectivity index (χ3n) is 5.27. The first kappa shape index (κ1) is 20.2. The summed E-state index contributed by atoms with van der Waals surface area (Å²) >= 11 is 0. The molecular weight excluding hydrogens is 400 g/mol. The molecule has 1 fully saturated rings. The maximum Gasteiger partial charge on any atom is 0.233 e. The molecule has 156 valence electrons. The summed E-state index contributed by atoms with van der Waals surface area (Å²) in [6.45, 7) is 4.92. The molecule has 0 atom stereocenters. The summed E-state index contributed by atoms with van der Waals surface area (Å²) in [7, 11) is -3.39. The van der Waals surface area contributed by atoms with Crippen molar-refractivity contribution in [2.75, 3.05) is 17.1 Å². The summed E-state index contributed by atoms with van der Waals surface area (Å²) in [5.74, 6) is 1.62. The van der Waals surface area contributed by atoms with Gasteiger partial charge in [-0.05, 0) is 56.9 Å². The standard InChI is InChI=1S/C22H24N4O3S/c1-3-29-17-8-9-18-19(12-23)22(26(20(18)11-17)14-15-5-6-15)16-7-10-21(24-13-16)25-30(27,28)4-2/h7-11,13,15H,3-6,14H2,1-2H3,(H,24,25). The Balaban J connectivity index is 1.83. The zero-order chi connectivity index (χ0) is 21.3. The summed E-state index contributed by atoms with van der Waals surface area (Å²) < 4.78 is 33.9. The summed E-state index contributed by atoms with van der Waals surface area (Å²) in [6, 6.07) is 11.6.